The molecule has 0 saturated carbocycles. The first-order valence-electron chi connectivity index (χ1n) is 6.74. The maximum Gasteiger partial charge on any atom is 0.259 e. The lowest BCUT2D eigenvalue weighted by Gasteiger charge is -2.04. The van der Waals surface area contributed by atoms with E-state index in [1.54, 1.807) is 18.2 Å². The van der Waals surface area contributed by atoms with Crippen LogP contribution in [-0.4, -0.2) is 16.1 Å². The molecule has 7 heteroatoms. The SMILES string of the molecule is O=C(Nc1nnc(Cc2ccccc2)s1)c1cc(Br)ccc1Cl. The highest BCUT2D eigenvalue weighted by molar-refractivity contribution is 9.10. The van der Waals surface area contributed by atoms with Crippen LogP contribution in [0.1, 0.15) is 20.9 Å². The predicted octanol–water partition coefficient (Wildman–Crippen LogP) is 4.80. The number of nitrogens with zero attached hydrogens (tertiary/aromatic N) is 2. The molecule has 0 aliphatic heterocycles. The van der Waals surface area contributed by atoms with Gasteiger partial charge in [0.15, 0.2) is 0 Å². The molecule has 116 valence electrons. The van der Waals surface area contributed by atoms with E-state index >= 15 is 0 Å². The van der Waals surface area contributed by atoms with Gasteiger partial charge in [0.1, 0.15) is 5.01 Å². The van der Waals surface area contributed by atoms with E-state index in [0.29, 0.717) is 22.1 Å². The van der Waals surface area contributed by atoms with Crippen LogP contribution in [0.3, 0.4) is 0 Å². The molecule has 0 atom stereocenters. The van der Waals surface area contributed by atoms with Crippen LogP contribution in [0, 0.1) is 0 Å². The van der Waals surface area contributed by atoms with Crippen LogP contribution in [0.5, 0.6) is 0 Å². The van der Waals surface area contributed by atoms with Crippen molar-refractivity contribution in [2.24, 2.45) is 0 Å². The molecule has 1 amide bonds. The Balaban J connectivity index is 1.71. The van der Waals surface area contributed by atoms with Crippen molar-refractivity contribution >= 4 is 49.9 Å². The summed E-state index contributed by atoms with van der Waals surface area (Å²) in [5.74, 6) is -0.307. The number of benzene rings is 2. The summed E-state index contributed by atoms with van der Waals surface area (Å²) < 4.78 is 0.786. The highest BCUT2D eigenvalue weighted by atomic mass is 79.9. The first-order valence-corrected chi connectivity index (χ1v) is 8.73. The molecule has 0 fully saturated rings. The third-order valence-electron chi connectivity index (χ3n) is 3.06. The molecule has 2 aromatic carbocycles. The van der Waals surface area contributed by atoms with E-state index in [4.69, 9.17) is 11.6 Å². The van der Waals surface area contributed by atoms with Crippen molar-refractivity contribution in [1.82, 2.24) is 10.2 Å². The van der Waals surface area contributed by atoms with Crippen LogP contribution in [0.2, 0.25) is 5.02 Å². The molecule has 23 heavy (non-hydrogen) atoms. The molecular weight excluding hydrogens is 398 g/mol. The van der Waals surface area contributed by atoms with Crippen LogP contribution in [-0.2, 0) is 6.42 Å². The van der Waals surface area contributed by atoms with Gasteiger partial charge in [-0.2, -0.15) is 0 Å². The average Bonchev–Trinajstić information content (AvgIpc) is 2.97. The summed E-state index contributed by atoms with van der Waals surface area (Å²) >= 11 is 10.7. The molecular formula is C16H11BrClN3OS. The van der Waals surface area contributed by atoms with Gasteiger partial charge in [0.2, 0.25) is 5.13 Å². The summed E-state index contributed by atoms with van der Waals surface area (Å²) in [6.45, 7) is 0. The smallest absolute Gasteiger partial charge is 0.259 e. The topological polar surface area (TPSA) is 54.9 Å². The van der Waals surface area contributed by atoms with Gasteiger partial charge in [0, 0.05) is 10.9 Å². The minimum absolute atomic E-state index is 0.307. The first-order chi connectivity index (χ1) is 11.1. The van der Waals surface area contributed by atoms with Gasteiger partial charge in [-0.3, -0.25) is 10.1 Å². The zero-order valence-electron chi connectivity index (χ0n) is 11.8. The second-order valence-corrected chi connectivity index (χ2v) is 7.13. The Morgan fingerprint density at radius 1 is 1.17 bits per heavy atom. The van der Waals surface area contributed by atoms with Gasteiger partial charge in [-0.25, -0.2) is 0 Å². The van der Waals surface area contributed by atoms with Gasteiger partial charge >= 0.3 is 0 Å². The van der Waals surface area contributed by atoms with Gasteiger partial charge in [-0.1, -0.05) is 69.2 Å². The van der Waals surface area contributed by atoms with Crippen LogP contribution in [0.25, 0.3) is 0 Å². The van der Waals surface area contributed by atoms with Crippen molar-refractivity contribution in [3.8, 4) is 0 Å². The normalized spacial score (nSPS) is 10.5. The lowest BCUT2D eigenvalue weighted by atomic mass is 10.2. The standard InChI is InChI=1S/C16H11BrClN3OS/c17-11-6-7-13(18)12(9-11)15(22)19-16-21-20-14(23-16)8-10-4-2-1-3-5-10/h1-7,9H,8H2,(H,19,21,22). The maximum absolute atomic E-state index is 12.3. The molecule has 4 nitrogen and oxygen atoms in total. The monoisotopic (exact) mass is 407 g/mol. The Morgan fingerprint density at radius 3 is 2.74 bits per heavy atom. The second kappa shape index (κ2) is 7.21. The fourth-order valence-electron chi connectivity index (χ4n) is 1.98. The Bertz CT molecular complexity index is 838. The predicted molar refractivity (Wildman–Crippen MR) is 96.3 cm³/mol. The van der Waals surface area contributed by atoms with E-state index in [0.717, 1.165) is 15.0 Å². The number of carbonyl (C=O) groups is 1. The third kappa shape index (κ3) is 4.16. The molecule has 3 rings (SSSR count). The summed E-state index contributed by atoms with van der Waals surface area (Å²) in [7, 11) is 0. The first kappa shape index (κ1) is 16.1. The van der Waals surface area contributed by atoms with Crippen molar-refractivity contribution in [3.63, 3.8) is 0 Å². The molecule has 0 aliphatic carbocycles. The molecule has 0 unspecified atom stereocenters. The number of aromatic nitrogens is 2. The van der Waals surface area contributed by atoms with Crippen LogP contribution >= 0.6 is 38.9 Å². The largest absolute Gasteiger partial charge is 0.296 e. The Morgan fingerprint density at radius 2 is 1.96 bits per heavy atom. The number of anilines is 1. The van der Waals surface area contributed by atoms with Crippen molar-refractivity contribution in [3.05, 3.63) is 74.2 Å². The molecule has 0 spiro atoms. The maximum atomic E-state index is 12.3. The zero-order chi connectivity index (χ0) is 16.2. The number of hydrogen-bond acceptors (Lipinski definition) is 4. The summed E-state index contributed by atoms with van der Waals surface area (Å²) in [6, 6.07) is 15.1. The summed E-state index contributed by atoms with van der Waals surface area (Å²) in [4.78, 5) is 12.3. The molecule has 3 aromatic rings. The van der Waals surface area contributed by atoms with E-state index in [1.807, 2.05) is 30.3 Å². The lowest BCUT2D eigenvalue weighted by molar-refractivity contribution is 0.102. The summed E-state index contributed by atoms with van der Waals surface area (Å²) in [5.41, 5.74) is 1.54. The fourth-order valence-corrected chi connectivity index (χ4v) is 3.32. The number of amides is 1. The van der Waals surface area contributed by atoms with Crippen molar-refractivity contribution in [2.75, 3.05) is 5.32 Å². The van der Waals surface area contributed by atoms with E-state index in [-0.39, 0.29) is 5.91 Å². The van der Waals surface area contributed by atoms with Gasteiger partial charge < -0.3 is 0 Å². The number of carbonyl (C=O) groups excluding carboxylic acids is 1. The Kier molecular flexibility index (Phi) is 5.05. The van der Waals surface area contributed by atoms with E-state index in [1.165, 1.54) is 11.3 Å². The van der Waals surface area contributed by atoms with Gasteiger partial charge in [0.25, 0.3) is 5.91 Å². The van der Waals surface area contributed by atoms with Gasteiger partial charge in [0.05, 0.1) is 10.6 Å². The van der Waals surface area contributed by atoms with Gasteiger partial charge in [-0.15, -0.1) is 10.2 Å². The van der Waals surface area contributed by atoms with Crippen LogP contribution in [0.15, 0.2) is 53.0 Å². The fraction of sp³-hybridized carbons (Fsp3) is 0.0625. The number of halogens is 2. The van der Waals surface area contributed by atoms with Crippen molar-refractivity contribution in [1.29, 1.82) is 0 Å². The molecule has 0 saturated heterocycles. The molecule has 0 radical (unpaired) electrons. The summed E-state index contributed by atoms with van der Waals surface area (Å²) in [6.07, 6.45) is 0.687. The third-order valence-corrected chi connectivity index (χ3v) is 4.72. The quantitative estimate of drug-likeness (QED) is 0.675. The molecule has 0 aliphatic rings. The lowest BCUT2D eigenvalue weighted by Crippen LogP contribution is -2.12. The zero-order valence-corrected chi connectivity index (χ0v) is 15.0. The van der Waals surface area contributed by atoms with Gasteiger partial charge in [-0.05, 0) is 23.8 Å². The van der Waals surface area contributed by atoms with E-state index < -0.39 is 0 Å². The van der Waals surface area contributed by atoms with Crippen molar-refractivity contribution < 1.29 is 4.79 Å². The summed E-state index contributed by atoms with van der Waals surface area (Å²) in [5, 5.41) is 12.5. The number of hydrogen-bond donors (Lipinski definition) is 1. The van der Waals surface area contributed by atoms with E-state index in [9.17, 15) is 4.79 Å². The highest BCUT2D eigenvalue weighted by Gasteiger charge is 2.14. The highest BCUT2D eigenvalue weighted by Crippen LogP contribution is 2.24. The molecule has 0 bridgehead atoms. The van der Waals surface area contributed by atoms with Crippen LogP contribution in [0.4, 0.5) is 5.13 Å². The molecule has 1 N–H and O–H groups in total. The Labute approximate surface area is 150 Å². The number of rotatable bonds is 4. The van der Waals surface area contributed by atoms with Crippen molar-refractivity contribution in [2.45, 2.75) is 6.42 Å². The average molecular weight is 409 g/mol. The van der Waals surface area contributed by atoms with E-state index in [2.05, 4.69) is 31.4 Å². The Hall–Kier alpha value is -1.76. The molecule has 1 heterocycles. The number of nitrogens with one attached hydrogen (secondary N) is 1. The minimum atomic E-state index is -0.307. The molecule has 1 aromatic heterocycles. The minimum Gasteiger partial charge on any atom is -0.296 e. The second-order valence-electron chi connectivity index (χ2n) is 4.74. The van der Waals surface area contributed by atoms with Crippen LogP contribution < -0.4 is 5.32 Å².